The number of nitrogens with zero attached hydrogens (tertiary/aromatic N) is 1. The van der Waals surface area contributed by atoms with Crippen LogP contribution in [0.3, 0.4) is 0 Å². The lowest BCUT2D eigenvalue weighted by molar-refractivity contribution is -0.139. The van der Waals surface area contributed by atoms with Gasteiger partial charge >= 0.3 is 5.97 Å². The van der Waals surface area contributed by atoms with Gasteiger partial charge in [0.1, 0.15) is 6.54 Å². The molecule has 0 bridgehead atoms. The third-order valence-corrected chi connectivity index (χ3v) is 5.33. The molecule has 1 saturated heterocycles. The minimum atomic E-state index is -0.532. The number of hydrogen-bond acceptors (Lipinski definition) is 5. The van der Waals surface area contributed by atoms with Gasteiger partial charge in [0.2, 0.25) is 11.8 Å². The Hall–Kier alpha value is -2.90. The number of carbonyl (C=O) groups excluding carboxylic acids is 4. The number of rotatable bonds is 6. The first-order chi connectivity index (χ1) is 13.5. The maximum absolute atomic E-state index is 12.5. The van der Waals surface area contributed by atoms with Gasteiger partial charge in [-0.2, -0.15) is 0 Å². The maximum Gasteiger partial charge on any atom is 0.325 e. The summed E-state index contributed by atoms with van der Waals surface area (Å²) in [5.41, 5.74) is 0.923. The SMILES string of the molecule is COC(=O)CNC(=O)c1ccc(NC(=O)[C@H]2CC(=O)N(C3CCCC3)C2)cc1. The van der Waals surface area contributed by atoms with Gasteiger partial charge in [0.25, 0.3) is 5.91 Å². The second-order valence-electron chi connectivity index (χ2n) is 7.21. The molecular formula is C20H25N3O5. The van der Waals surface area contributed by atoms with Crippen molar-refractivity contribution in [1.29, 1.82) is 0 Å². The fourth-order valence-corrected chi connectivity index (χ4v) is 3.75. The number of hydrogen-bond donors (Lipinski definition) is 2. The van der Waals surface area contributed by atoms with E-state index in [9.17, 15) is 19.2 Å². The molecule has 2 aliphatic rings. The van der Waals surface area contributed by atoms with E-state index in [1.165, 1.54) is 7.11 Å². The number of likely N-dealkylation sites (tertiary alicyclic amines) is 1. The number of ether oxygens (including phenoxy) is 1. The summed E-state index contributed by atoms with van der Waals surface area (Å²) in [7, 11) is 1.25. The van der Waals surface area contributed by atoms with E-state index < -0.39 is 11.9 Å². The minimum Gasteiger partial charge on any atom is -0.468 e. The van der Waals surface area contributed by atoms with Crippen LogP contribution in [0.4, 0.5) is 5.69 Å². The Morgan fingerprint density at radius 3 is 2.46 bits per heavy atom. The molecule has 8 nitrogen and oxygen atoms in total. The lowest BCUT2D eigenvalue weighted by Gasteiger charge is -2.23. The fourth-order valence-electron chi connectivity index (χ4n) is 3.75. The van der Waals surface area contributed by atoms with E-state index >= 15 is 0 Å². The lowest BCUT2D eigenvalue weighted by Crippen LogP contribution is -2.35. The van der Waals surface area contributed by atoms with Crippen molar-refractivity contribution in [3.63, 3.8) is 0 Å². The summed E-state index contributed by atoms with van der Waals surface area (Å²) >= 11 is 0. The molecule has 1 saturated carbocycles. The van der Waals surface area contributed by atoms with Gasteiger partial charge in [-0.15, -0.1) is 0 Å². The van der Waals surface area contributed by atoms with Crippen LogP contribution >= 0.6 is 0 Å². The van der Waals surface area contributed by atoms with E-state index in [0.29, 0.717) is 17.8 Å². The van der Waals surface area contributed by atoms with Crippen molar-refractivity contribution in [2.75, 3.05) is 25.5 Å². The zero-order valence-electron chi connectivity index (χ0n) is 15.9. The van der Waals surface area contributed by atoms with Gasteiger partial charge in [0.05, 0.1) is 13.0 Å². The van der Waals surface area contributed by atoms with E-state index in [-0.39, 0.29) is 36.7 Å². The van der Waals surface area contributed by atoms with Gasteiger partial charge < -0.3 is 20.3 Å². The molecule has 0 aromatic heterocycles. The number of carbonyl (C=O) groups is 4. The zero-order chi connectivity index (χ0) is 20.1. The summed E-state index contributed by atoms with van der Waals surface area (Å²) in [6.07, 6.45) is 4.59. The minimum absolute atomic E-state index is 0.0599. The van der Waals surface area contributed by atoms with Crippen LogP contribution in [0.15, 0.2) is 24.3 Å². The molecule has 2 N–H and O–H groups in total. The van der Waals surface area contributed by atoms with Gasteiger partial charge in [-0.05, 0) is 37.1 Å². The van der Waals surface area contributed by atoms with Crippen molar-refractivity contribution in [2.24, 2.45) is 5.92 Å². The predicted molar refractivity (Wildman–Crippen MR) is 101 cm³/mol. The zero-order valence-corrected chi connectivity index (χ0v) is 15.9. The summed E-state index contributed by atoms with van der Waals surface area (Å²) in [5.74, 6) is -1.41. The topological polar surface area (TPSA) is 105 Å². The van der Waals surface area contributed by atoms with Crippen LogP contribution in [-0.2, 0) is 19.1 Å². The van der Waals surface area contributed by atoms with Gasteiger partial charge in [-0.25, -0.2) is 0 Å². The van der Waals surface area contributed by atoms with Gasteiger partial charge in [0, 0.05) is 30.3 Å². The maximum atomic E-state index is 12.5. The first-order valence-electron chi connectivity index (χ1n) is 9.53. The molecule has 150 valence electrons. The van der Waals surface area contributed by atoms with Gasteiger partial charge in [-0.1, -0.05) is 12.8 Å². The van der Waals surface area contributed by atoms with Crippen LogP contribution in [0.25, 0.3) is 0 Å². The smallest absolute Gasteiger partial charge is 0.325 e. The Morgan fingerprint density at radius 2 is 1.82 bits per heavy atom. The van der Waals surface area contributed by atoms with E-state index in [1.54, 1.807) is 24.3 Å². The second-order valence-corrected chi connectivity index (χ2v) is 7.21. The van der Waals surface area contributed by atoms with Crippen LogP contribution in [0.2, 0.25) is 0 Å². The molecule has 28 heavy (non-hydrogen) atoms. The molecule has 0 unspecified atom stereocenters. The number of benzene rings is 1. The predicted octanol–water partition coefficient (Wildman–Crippen LogP) is 1.32. The highest BCUT2D eigenvalue weighted by Gasteiger charge is 2.38. The Bertz CT molecular complexity index is 756. The standard InChI is InChI=1S/C20H25N3O5/c1-28-18(25)11-21-19(26)13-6-8-15(9-7-13)22-20(27)14-10-17(24)23(12-14)16-4-2-3-5-16/h6-9,14,16H,2-5,10-12H2,1H3,(H,21,26)(H,22,27)/t14-/m0/s1. The summed E-state index contributed by atoms with van der Waals surface area (Å²) < 4.78 is 4.47. The molecule has 2 fully saturated rings. The fraction of sp³-hybridized carbons (Fsp3) is 0.500. The summed E-state index contributed by atoms with van der Waals surface area (Å²) in [4.78, 5) is 49.7. The molecule has 3 rings (SSSR count). The molecule has 0 radical (unpaired) electrons. The number of anilines is 1. The van der Waals surface area contributed by atoms with Crippen molar-refractivity contribution in [1.82, 2.24) is 10.2 Å². The van der Waals surface area contributed by atoms with Crippen molar-refractivity contribution in [2.45, 2.75) is 38.1 Å². The van der Waals surface area contributed by atoms with Crippen molar-refractivity contribution in [3.05, 3.63) is 29.8 Å². The third kappa shape index (κ3) is 4.68. The molecule has 1 aromatic carbocycles. The van der Waals surface area contributed by atoms with Crippen molar-refractivity contribution < 1.29 is 23.9 Å². The number of amides is 3. The molecule has 1 aliphatic heterocycles. The Balaban J connectivity index is 1.52. The molecule has 3 amide bonds. The first kappa shape index (κ1) is 19.9. The quantitative estimate of drug-likeness (QED) is 0.717. The summed E-state index contributed by atoms with van der Waals surface area (Å²) in [5, 5.41) is 5.26. The Morgan fingerprint density at radius 1 is 1.14 bits per heavy atom. The third-order valence-electron chi connectivity index (χ3n) is 5.33. The van der Waals surface area contributed by atoms with Crippen LogP contribution in [0, 0.1) is 5.92 Å². The second kappa shape index (κ2) is 8.86. The molecule has 1 heterocycles. The summed E-state index contributed by atoms with van der Waals surface area (Å²) in [6.45, 7) is 0.268. The van der Waals surface area contributed by atoms with E-state index in [4.69, 9.17) is 0 Å². The van der Waals surface area contributed by atoms with Gasteiger partial charge in [-0.3, -0.25) is 19.2 Å². The largest absolute Gasteiger partial charge is 0.468 e. The first-order valence-corrected chi connectivity index (χ1v) is 9.53. The molecule has 0 spiro atoms. The van der Waals surface area contributed by atoms with E-state index in [0.717, 1.165) is 25.7 Å². The molecule has 8 heteroatoms. The number of methoxy groups -OCH3 is 1. The lowest BCUT2D eigenvalue weighted by atomic mass is 10.1. The van der Waals surface area contributed by atoms with E-state index in [1.807, 2.05) is 4.90 Å². The molecule has 1 aliphatic carbocycles. The van der Waals surface area contributed by atoms with Crippen LogP contribution in [0.5, 0.6) is 0 Å². The van der Waals surface area contributed by atoms with Crippen LogP contribution < -0.4 is 10.6 Å². The number of esters is 1. The number of nitrogens with one attached hydrogen (secondary N) is 2. The molecular weight excluding hydrogens is 362 g/mol. The van der Waals surface area contributed by atoms with Crippen molar-refractivity contribution in [3.8, 4) is 0 Å². The van der Waals surface area contributed by atoms with Gasteiger partial charge in [0.15, 0.2) is 0 Å². The highest BCUT2D eigenvalue weighted by atomic mass is 16.5. The average molecular weight is 387 g/mol. The highest BCUT2D eigenvalue weighted by molar-refractivity contribution is 5.99. The highest BCUT2D eigenvalue weighted by Crippen LogP contribution is 2.30. The normalized spacial score (nSPS) is 19.5. The Labute approximate surface area is 163 Å². The van der Waals surface area contributed by atoms with Crippen LogP contribution in [0.1, 0.15) is 42.5 Å². The van der Waals surface area contributed by atoms with E-state index in [2.05, 4.69) is 15.4 Å². The average Bonchev–Trinajstić information content (AvgIpc) is 3.35. The molecule has 1 aromatic rings. The van der Waals surface area contributed by atoms with Crippen LogP contribution in [-0.4, -0.2) is 54.8 Å². The summed E-state index contributed by atoms with van der Waals surface area (Å²) in [6, 6.07) is 6.65. The van der Waals surface area contributed by atoms with Crippen molar-refractivity contribution >= 4 is 29.4 Å². The Kier molecular flexibility index (Phi) is 6.28. The monoisotopic (exact) mass is 387 g/mol. The molecule has 1 atom stereocenters.